The third kappa shape index (κ3) is 3.87. The molecule has 0 aliphatic carbocycles. The third-order valence-corrected chi connectivity index (χ3v) is 3.20. The Morgan fingerprint density at radius 1 is 1.44 bits per heavy atom. The lowest BCUT2D eigenvalue weighted by Gasteiger charge is -2.10. The van der Waals surface area contributed by atoms with Crippen LogP contribution in [0.25, 0.3) is 0 Å². The lowest BCUT2D eigenvalue weighted by atomic mass is 10.1. The molecular formula is C12H17NO2S. The highest BCUT2D eigenvalue weighted by Gasteiger charge is 2.10. The number of hydrogen-bond donors (Lipinski definition) is 1. The van der Waals surface area contributed by atoms with E-state index in [2.05, 4.69) is 4.90 Å². The van der Waals surface area contributed by atoms with Gasteiger partial charge in [-0.3, -0.25) is 0 Å². The molecule has 0 radical (unpaired) electrons. The van der Waals surface area contributed by atoms with E-state index in [0.29, 0.717) is 5.56 Å². The number of carboxylic acids is 1. The number of thioether (sulfide) groups is 1. The maximum Gasteiger partial charge on any atom is 0.336 e. The first-order valence-electron chi connectivity index (χ1n) is 5.12. The quantitative estimate of drug-likeness (QED) is 0.801. The van der Waals surface area contributed by atoms with Crippen LogP contribution in [-0.4, -0.2) is 42.4 Å². The fraction of sp³-hybridized carbons (Fsp3) is 0.417. The topological polar surface area (TPSA) is 40.5 Å². The largest absolute Gasteiger partial charge is 0.478 e. The van der Waals surface area contributed by atoms with Crippen molar-refractivity contribution < 1.29 is 9.90 Å². The van der Waals surface area contributed by atoms with Gasteiger partial charge >= 0.3 is 5.97 Å². The monoisotopic (exact) mass is 239 g/mol. The Balaban J connectivity index is 2.76. The van der Waals surface area contributed by atoms with Gasteiger partial charge in [0, 0.05) is 17.2 Å². The Kier molecular flexibility index (Phi) is 4.83. The standard InChI is InChI=1S/C12H17NO2S/c1-9-4-5-10(12(14)15)11(8-9)16-7-6-13(2)3/h4-5,8H,6-7H2,1-3H3,(H,14,15). The van der Waals surface area contributed by atoms with Crippen LogP contribution in [0.4, 0.5) is 0 Å². The van der Waals surface area contributed by atoms with E-state index in [1.807, 2.05) is 33.2 Å². The smallest absolute Gasteiger partial charge is 0.336 e. The molecule has 0 unspecified atom stereocenters. The summed E-state index contributed by atoms with van der Waals surface area (Å²) < 4.78 is 0. The molecular weight excluding hydrogens is 222 g/mol. The van der Waals surface area contributed by atoms with E-state index in [1.165, 1.54) is 0 Å². The zero-order valence-electron chi connectivity index (χ0n) is 9.86. The Morgan fingerprint density at radius 3 is 2.69 bits per heavy atom. The van der Waals surface area contributed by atoms with E-state index in [1.54, 1.807) is 17.8 Å². The molecule has 1 aromatic carbocycles. The summed E-state index contributed by atoms with van der Waals surface area (Å²) in [6.07, 6.45) is 0. The van der Waals surface area contributed by atoms with Gasteiger partial charge in [0.15, 0.2) is 0 Å². The summed E-state index contributed by atoms with van der Waals surface area (Å²) in [6, 6.07) is 5.44. The summed E-state index contributed by atoms with van der Waals surface area (Å²) in [5.41, 5.74) is 1.49. The van der Waals surface area contributed by atoms with Crippen LogP contribution in [-0.2, 0) is 0 Å². The molecule has 0 fully saturated rings. The second kappa shape index (κ2) is 5.92. The van der Waals surface area contributed by atoms with Gasteiger partial charge < -0.3 is 10.0 Å². The van der Waals surface area contributed by atoms with Crippen LogP contribution in [0.2, 0.25) is 0 Å². The predicted octanol–water partition coefficient (Wildman–Crippen LogP) is 2.35. The molecule has 0 spiro atoms. The average molecular weight is 239 g/mol. The molecule has 1 aromatic rings. The average Bonchev–Trinajstić information content (AvgIpc) is 2.16. The molecule has 0 bridgehead atoms. The van der Waals surface area contributed by atoms with Gasteiger partial charge in [-0.2, -0.15) is 0 Å². The van der Waals surface area contributed by atoms with Crippen molar-refractivity contribution in [2.45, 2.75) is 11.8 Å². The molecule has 16 heavy (non-hydrogen) atoms. The molecule has 4 heteroatoms. The van der Waals surface area contributed by atoms with Gasteiger partial charge in [-0.05, 0) is 38.7 Å². The van der Waals surface area contributed by atoms with E-state index in [-0.39, 0.29) is 0 Å². The second-order valence-electron chi connectivity index (χ2n) is 3.96. The fourth-order valence-corrected chi connectivity index (χ4v) is 2.52. The number of nitrogens with zero attached hydrogens (tertiary/aromatic N) is 1. The summed E-state index contributed by atoms with van der Waals surface area (Å²) >= 11 is 1.60. The predicted molar refractivity (Wildman–Crippen MR) is 67.4 cm³/mol. The van der Waals surface area contributed by atoms with Gasteiger partial charge in [-0.1, -0.05) is 6.07 Å². The molecule has 0 saturated carbocycles. The number of rotatable bonds is 5. The molecule has 0 saturated heterocycles. The van der Waals surface area contributed by atoms with Crippen molar-refractivity contribution in [3.05, 3.63) is 29.3 Å². The van der Waals surface area contributed by atoms with Gasteiger partial charge in [-0.15, -0.1) is 11.8 Å². The lowest BCUT2D eigenvalue weighted by Crippen LogP contribution is -2.15. The molecule has 0 atom stereocenters. The number of carboxylic acid groups (broad SMARTS) is 1. The second-order valence-corrected chi connectivity index (χ2v) is 5.09. The highest BCUT2D eigenvalue weighted by molar-refractivity contribution is 7.99. The van der Waals surface area contributed by atoms with Crippen molar-refractivity contribution >= 4 is 17.7 Å². The third-order valence-electron chi connectivity index (χ3n) is 2.16. The minimum absolute atomic E-state index is 0.398. The summed E-state index contributed by atoms with van der Waals surface area (Å²) in [7, 11) is 4.02. The molecule has 0 heterocycles. The Hall–Kier alpha value is -1.00. The first-order valence-corrected chi connectivity index (χ1v) is 6.10. The molecule has 1 N–H and O–H groups in total. The highest BCUT2D eigenvalue weighted by atomic mass is 32.2. The molecule has 88 valence electrons. The molecule has 0 amide bonds. The van der Waals surface area contributed by atoms with Gasteiger partial charge in [0.1, 0.15) is 0 Å². The summed E-state index contributed by atoms with van der Waals surface area (Å²) in [5.74, 6) is 0.0452. The molecule has 0 aliphatic heterocycles. The molecule has 1 rings (SSSR count). The summed E-state index contributed by atoms with van der Waals surface area (Å²) in [6.45, 7) is 2.92. The number of aromatic carboxylic acids is 1. The minimum atomic E-state index is -0.854. The van der Waals surface area contributed by atoms with Gasteiger partial charge in [0.2, 0.25) is 0 Å². The number of aryl methyl sites for hydroxylation is 1. The van der Waals surface area contributed by atoms with Crippen LogP contribution in [0.1, 0.15) is 15.9 Å². The fourth-order valence-electron chi connectivity index (χ4n) is 1.26. The van der Waals surface area contributed by atoms with Gasteiger partial charge in [-0.25, -0.2) is 4.79 Å². The summed E-state index contributed by atoms with van der Waals surface area (Å²) in [4.78, 5) is 13.9. The van der Waals surface area contributed by atoms with Gasteiger partial charge in [0.25, 0.3) is 0 Å². The van der Waals surface area contributed by atoms with Crippen LogP contribution in [0.15, 0.2) is 23.1 Å². The van der Waals surface area contributed by atoms with E-state index in [0.717, 1.165) is 22.8 Å². The van der Waals surface area contributed by atoms with E-state index < -0.39 is 5.97 Å². The zero-order chi connectivity index (χ0) is 12.1. The Bertz CT molecular complexity index is 377. The maximum atomic E-state index is 11.0. The van der Waals surface area contributed by atoms with Crippen molar-refractivity contribution in [1.82, 2.24) is 4.90 Å². The number of carbonyl (C=O) groups is 1. The highest BCUT2D eigenvalue weighted by Crippen LogP contribution is 2.24. The van der Waals surface area contributed by atoms with Crippen molar-refractivity contribution in [3.63, 3.8) is 0 Å². The minimum Gasteiger partial charge on any atom is -0.478 e. The molecule has 0 aliphatic rings. The maximum absolute atomic E-state index is 11.0. The number of benzene rings is 1. The SMILES string of the molecule is Cc1ccc(C(=O)O)c(SCCN(C)C)c1. The van der Waals surface area contributed by atoms with Crippen molar-refractivity contribution in [3.8, 4) is 0 Å². The van der Waals surface area contributed by atoms with Crippen molar-refractivity contribution in [2.75, 3.05) is 26.4 Å². The van der Waals surface area contributed by atoms with E-state index in [4.69, 9.17) is 5.11 Å². The van der Waals surface area contributed by atoms with Crippen LogP contribution >= 0.6 is 11.8 Å². The Morgan fingerprint density at radius 2 is 2.12 bits per heavy atom. The Labute approximate surface area is 100 Å². The van der Waals surface area contributed by atoms with Crippen LogP contribution < -0.4 is 0 Å². The van der Waals surface area contributed by atoms with E-state index in [9.17, 15) is 4.79 Å². The zero-order valence-corrected chi connectivity index (χ0v) is 10.7. The molecule has 0 aromatic heterocycles. The lowest BCUT2D eigenvalue weighted by molar-refractivity contribution is 0.0693. The van der Waals surface area contributed by atoms with Crippen molar-refractivity contribution in [1.29, 1.82) is 0 Å². The van der Waals surface area contributed by atoms with Crippen LogP contribution in [0, 0.1) is 6.92 Å². The van der Waals surface area contributed by atoms with Crippen LogP contribution in [0.3, 0.4) is 0 Å². The summed E-state index contributed by atoms with van der Waals surface area (Å²) in [5, 5.41) is 9.04. The first kappa shape index (κ1) is 13.1. The first-order chi connectivity index (χ1) is 7.50. The number of hydrogen-bond acceptors (Lipinski definition) is 3. The van der Waals surface area contributed by atoms with Crippen molar-refractivity contribution in [2.24, 2.45) is 0 Å². The van der Waals surface area contributed by atoms with Gasteiger partial charge in [0.05, 0.1) is 5.56 Å². The van der Waals surface area contributed by atoms with E-state index >= 15 is 0 Å². The normalized spacial score (nSPS) is 10.8. The molecule has 3 nitrogen and oxygen atoms in total. The van der Waals surface area contributed by atoms with Crippen LogP contribution in [0.5, 0.6) is 0 Å².